The topological polar surface area (TPSA) is 53.1 Å². The average molecular weight is 239 g/mol. The van der Waals surface area contributed by atoms with Gasteiger partial charge in [-0.25, -0.2) is 0 Å². The normalized spacial score (nSPS) is 14.9. The molecule has 1 aromatic rings. The van der Waals surface area contributed by atoms with E-state index in [9.17, 15) is 0 Å². The Hall–Kier alpha value is -0.870. The molecule has 0 aromatic carbocycles. The highest BCUT2D eigenvalue weighted by Crippen LogP contribution is 2.24. The van der Waals surface area contributed by atoms with Gasteiger partial charge in [-0.2, -0.15) is 5.10 Å². The molecule has 0 aliphatic heterocycles. The Morgan fingerprint density at radius 1 is 1.29 bits per heavy atom. The van der Waals surface area contributed by atoms with Gasteiger partial charge in [0.05, 0.1) is 18.3 Å². The van der Waals surface area contributed by atoms with Gasteiger partial charge in [0.2, 0.25) is 0 Å². The van der Waals surface area contributed by atoms with Gasteiger partial charge >= 0.3 is 0 Å². The minimum absolute atomic E-state index is 0.0448. The molecule has 0 fully saturated rings. The number of methoxy groups -OCH3 is 1. The molecule has 98 valence electrons. The van der Waals surface area contributed by atoms with E-state index < -0.39 is 0 Å². The Balaban J connectivity index is 3.22. The Kier molecular flexibility index (Phi) is 5.15. The first-order chi connectivity index (χ1) is 8.06. The molecule has 4 nitrogen and oxygen atoms in total. The van der Waals surface area contributed by atoms with E-state index >= 15 is 0 Å². The van der Waals surface area contributed by atoms with Gasteiger partial charge in [-0.05, 0) is 26.7 Å². The van der Waals surface area contributed by atoms with Gasteiger partial charge in [0.1, 0.15) is 0 Å². The van der Waals surface area contributed by atoms with Gasteiger partial charge in [-0.3, -0.25) is 4.68 Å². The van der Waals surface area contributed by atoms with Crippen molar-refractivity contribution in [2.45, 2.75) is 52.6 Å². The van der Waals surface area contributed by atoms with Crippen LogP contribution in [0.5, 0.6) is 0 Å². The summed E-state index contributed by atoms with van der Waals surface area (Å²) in [4.78, 5) is 0. The molecule has 0 aliphatic rings. The number of nitrogens with zero attached hydrogens (tertiary/aromatic N) is 2. The lowest BCUT2D eigenvalue weighted by molar-refractivity contribution is 0.155. The van der Waals surface area contributed by atoms with Gasteiger partial charge in [0.25, 0.3) is 0 Å². The average Bonchev–Trinajstić information content (AvgIpc) is 2.67. The third kappa shape index (κ3) is 2.87. The molecule has 0 radical (unpaired) electrons. The third-order valence-electron chi connectivity index (χ3n) is 3.08. The van der Waals surface area contributed by atoms with E-state index in [2.05, 4.69) is 25.5 Å². The fraction of sp³-hybridized carbons (Fsp3) is 0.769. The summed E-state index contributed by atoms with van der Waals surface area (Å²) in [6, 6.07) is 0.302. The largest absolute Gasteiger partial charge is 0.382 e. The van der Waals surface area contributed by atoms with Crippen LogP contribution in [0.25, 0.3) is 0 Å². The summed E-state index contributed by atoms with van der Waals surface area (Å²) < 4.78 is 7.29. The van der Waals surface area contributed by atoms with Crippen molar-refractivity contribution in [2.75, 3.05) is 13.7 Å². The van der Waals surface area contributed by atoms with Crippen LogP contribution in [0.15, 0.2) is 0 Å². The van der Waals surface area contributed by atoms with Gasteiger partial charge in [-0.15, -0.1) is 0 Å². The first-order valence-electron chi connectivity index (χ1n) is 6.41. The lowest BCUT2D eigenvalue weighted by atomic mass is 10.0. The van der Waals surface area contributed by atoms with Crippen molar-refractivity contribution in [1.29, 1.82) is 0 Å². The Bertz CT molecular complexity index is 358. The third-order valence-corrected chi connectivity index (χ3v) is 3.08. The summed E-state index contributed by atoms with van der Waals surface area (Å²) in [6.07, 6.45) is 1.88. The zero-order chi connectivity index (χ0) is 13.0. The van der Waals surface area contributed by atoms with Gasteiger partial charge in [-0.1, -0.05) is 13.8 Å². The Labute approximate surface area is 104 Å². The molecule has 0 aliphatic carbocycles. The van der Waals surface area contributed by atoms with Crippen LogP contribution >= 0.6 is 0 Å². The van der Waals surface area contributed by atoms with Crippen molar-refractivity contribution in [2.24, 2.45) is 5.73 Å². The summed E-state index contributed by atoms with van der Waals surface area (Å²) in [6.45, 7) is 9.11. The number of aromatic nitrogens is 2. The highest BCUT2D eigenvalue weighted by molar-refractivity contribution is 5.30. The quantitative estimate of drug-likeness (QED) is 0.828. The maximum atomic E-state index is 6.07. The van der Waals surface area contributed by atoms with Crippen molar-refractivity contribution in [1.82, 2.24) is 9.78 Å². The lowest BCUT2D eigenvalue weighted by Gasteiger charge is -2.15. The number of hydrogen-bond donors (Lipinski definition) is 1. The van der Waals surface area contributed by atoms with Crippen molar-refractivity contribution < 1.29 is 4.74 Å². The lowest BCUT2D eigenvalue weighted by Crippen LogP contribution is -2.16. The second-order valence-electron chi connectivity index (χ2n) is 4.55. The Morgan fingerprint density at radius 2 is 1.94 bits per heavy atom. The van der Waals surface area contributed by atoms with Crippen molar-refractivity contribution in [3.8, 4) is 0 Å². The van der Waals surface area contributed by atoms with E-state index in [-0.39, 0.29) is 12.1 Å². The van der Waals surface area contributed by atoms with Crippen molar-refractivity contribution in [3.63, 3.8) is 0 Å². The number of nitrogens with two attached hydrogens (primary N) is 1. The fourth-order valence-electron chi connectivity index (χ4n) is 2.35. The molecule has 17 heavy (non-hydrogen) atoms. The predicted molar refractivity (Wildman–Crippen MR) is 70.2 cm³/mol. The van der Waals surface area contributed by atoms with Crippen LogP contribution in [-0.2, 0) is 17.6 Å². The van der Waals surface area contributed by atoms with Crippen molar-refractivity contribution in [3.05, 3.63) is 17.0 Å². The van der Waals surface area contributed by atoms with Crippen LogP contribution < -0.4 is 5.73 Å². The maximum absolute atomic E-state index is 6.07. The van der Waals surface area contributed by atoms with E-state index in [0.29, 0.717) is 6.61 Å². The standard InChI is InChI=1S/C13H25N3O/c1-6-11-13(10(4)14)12(7-2)16(15-11)9(3)8-17-5/h9-10H,6-8,14H2,1-5H3. The molecule has 2 N–H and O–H groups in total. The summed E-state index contributed by atoms with van der Waals surface area (Å²) >= 11 is 0. The van der Waals surface area contributed by atoms with Crippen LogP contribution in [0.1, 0.15) is 56.7 Å². The van der Waals surface area contributed by atoms with Gasteiger partial charge in [0.15, 0.2) is 0 Å². The van der Waals surface area contributed by atoms with E-state index in [1.807, 2.05) is 6.92 Å². The van der Waals surface area contributed by atoms with Crippen LogP contribution in [0, 0.1) is 0 Å². The number of aryl methyl sites for hydroxylation is 1. The molecule has 1 heterocycles. The highest BCUT2D eigenvalue weighted by atomic mass is 16.5. The summed E-state index contributed by atoms with van der Waals surface area (Å²) in [5.74, 6) is 0. The van der Waals surface area contributed by atoms with Crippen LogP contribution in [-0.4, -0.2) is 23.5 Å². The summed E-state index contributed by atoms with van der Waals surface area (Å²) in [7, 11) is 1.72. The molecule has 4 heteroatoms. The molecule has 1 aromatic heterocycles. The smallest absolute Gasteiger partial charge is 0.0727 e. The number of rotatable bonds is 6. The van der Waals surface area contributed by atoms with Crippen LogP contribution in [0.3, 0.4) is 0 Å². The molecule has 2 atom stereocenters. The molecule has 0 saturated heterocycles. The first kappa shape index (κ1) is 14.2. The van der Waals surface area contributed by atoms with E-state index in [1.165, 1.54) is 11.3 Å². The van der Waals surface area contributed by atoms with E-state index in [1.54, 1.807) is 7.11 Å². The zero-order valence-corrected chi connectivity index (χ0v) is 11.7. The highest BCUT2D eigenvalue weighted by Gasteiger charge is 2.20. The molecule has 1 rings (SSSR count). The summed E-state index contributed by atoms with van der Waals surface area (Å²) in [5, 5.41) is 4.70. The monoisotopic (exact) mass is 239 g/mol. The Morgan fingerprint density at radius 3 is 2.35 bits per heavy atom. The van der Waals surface area contributed by atoms with Crippen LogP contribution in [0.4, 0.5) is 0 Å². The second-order valence-corrected chi connectivity index (χ2v) is 4.55. The fourth-order valence-corrected chi connectivity index (χ4v) is 2.35. The predicted octanol–water partition coefficient (Wildman–Crippen LogP) is 2.24. The molecule has 2 unspecified atom stereocenters. The first-order valence-corrected chi connectivity index (χ1v) is 6.41. The van der Waals surface area contributed by atoms with Gasteiger partial charge < -0.3 is 10.5 Å². The van der Waals surface area contributed by atoms with E-state index in [4.69, 9.17) is 15.6 Å². The minimum atomic E-state index is 0.0448. The van der Waals surface area contributed by atoms with Crippen molar-refractivity contribution >= 4 is 0 Å². The zero-order valence-electron chi connectivity index (χ0n) is 11.7. The van der Waals surface area contributed by atoms with Gasteiger partial charge in [0, 0.05) is 24.4 Å². The molecule has 0 bridgehead atoms. The molecular weight excluding hydrogens is 214 g/mol. The molecule has 0 amide bonds. The SMILES string of the molecule is CCc1nn(C(C)COC)c(CC)c1C(C)N. The number of ether oxygens (including phenoxy) is 1. The molecular formula is C13H25N3O. The summed E-state index contributed by atoms with van der Waals surface area (Å²) in [5.41, 5.74) is 9.67. The second kappa shape index (κ2) is 6.17. The maximum Gasteiger partial charge on any atom is 0.0727 e. The molecule has 0 saturated carbocycles. The van der Waals surface area contributed by atoms with Crippen LogP contribution in [0.2, 0.25) is 0 Å². The molecule has 0 spiro atoms. The van der Waals surface area contributed by atoms with E-state index in [0.717, 1.165) is 18.5 Å². The number of hydrogen-bond acceptors (Lipinski definition) is 3. The minimum Gasteiger partial charge on any atom is -0.382 e.